The second-order valence-corrected chi connectivity index (χ2v) is 5.36. The van der Waals surface area contributed by atoms with Crippen LogP contribution in [0.4, 0.5) is 10.1 Å². The van der Waals surface area contributed by atoms with Crippen molar-refractivity contribution in [2.75, 3.05) is 18.0 Å². The summed E-state index contributed by atoms with van der Waals surface area (Å²) in [5.74, 6) is -0.224. The van der Waals surface area contributed by atoms with Crippen molar-refractivity contribution in [3.05, 3.63) is 30.1 Å². The number of para-hydroxylation sites is 1. The summed E-state index contributed by atoms with van der Waals surface area (Å²) in [5, 5.41) is 12.3. The van der Waals surface area contributed by atoms with Crippen LogP contribution in [-0.4, -0.2) is 24.7 Å². The fraction of sp³-hybridized carbons (Fsp3) is 0.500. The maximum atomic E-state index is 13.9. The SMILES string of the molecule is CC1(C)CN(c2ccccc2F)C(CC#N)CN1. The lowest BCUT2D eigenvalue weighted by Gasteiger charge is -2.45. The highest BCUT2D eigenvalue weighted by Gasteiger charge is 2.33. The van der Waals surface area contributed by atoms with Crippen LogP contribution in [0.1, 0.15) is 20.3 Å². The second-order valence-electron chi connectivity index (χ2n) is 5.36. The van der Waals surface area contributed by atoms with Crippen LogP contribution in [0.2, 0.25) is 0 Å². The summed E-state index contributed by atoms with van der Waals surface area (Å²) < 4.78 is 13.9. The predicted molar refractivity (Wildman–Crippen MR) is 69.8 cm³/mol. The van der Waals surface area contributed by atoms with E-state index in [1.165, 1.54) is 6.07 Å². The lowest BCUT2D eigenvalue weighted by molar-refractivity contribution is 0.309. The van der Waals surface area contributed by atoms with Crippen LogP contribution in [0.3, 0.4) is 0 Å². The Bertz CT molecular complexity index is 464. The van der Waals surface area contributed by atoms with E-state index in [2.05, 4.69) is 25.2 Å². The van der Waals surface area contributed by atoms with Crippen LogP contribution in [0, 0.1) is 17.1 Å². The second kappa shape index (κ2) is 4.95. The van der Waals surface area contributed by atoms with Gasteiger partial charge in [0.2, 0.25) is 0 Å². The molecule has 0 saturated carbocycles. The van der Waals surface area contributed by atoms with Crippen LogP contribution in [0.15, 0.2) is 24.3 Å². The third-order valence-corrected chi connectivity index (χ3v) is 3.31. The van der Waals surface area contributed by atoms with Crippen molar-refractivity contribution in [3.63, 3.8) is 0 Å². The number of nitriles is 1. The minimum Gasteiger partial charge on any atom is -0.362 e. The molecule has 1 unspecified atom stereocenters. The molecule has 1 heterocycles. The van der Waals surface area contributed by atoms with Gasteiger partial charge < -0.3 is 10.2 Å². The lowest BCUT2D eigenvalue weighted by atomic mass is 9.96. The van der Waals surface area contributed by atoms with E-state index in [0.29, 0.717) is 25.2 Å². The molecule has 0 aromatic heterocycles. The topological polar surface area (TPSA) is 39.1 Å². The maximum Gasteiger partial charge on any atom is 0.146 e. The van der Waals surface area contributed by atoms with Gasteiger partial charge in [0, 0.05) is 18.6 Å². The Kier molecular flexibility index (Phi) is 3.53. The number of hydrogen-bond acceptors (Lipinski definition) is 3. The first-order chi connectivity index (χ1) is 8.53. The molecular weight excluding hydrogens is 229 g/mol. The third kappa shape index (κ3) is 2.62. The van der Waals surface area contributed by atoms with Gasteiger partial charge in [-0.2, -0.15) is 5.26 Å². The third-order valence-electron chi connectivity index (χ3n) is 3.31. The van der Waals surface area contributed by atoms with Gasteiger partial charge in [0.05, 0.1) is 24.2 Å². The van der Waals surface area contributed by atoms with Gasteiger partial charge in [-0.1, -0.05) is 12.1 Å². The first-order valence-corrected chi connectivity index (χ1v) is 6.17. The Morgan fingerprint density at radius 2 is 2.22 bits per heavy atom. The van der Waals surface area contributed by atoms with Crippen molar-refractivity contribution >= 4 is 5.69 Å². The van der Waals surface area contributed by atoms with Gasteiger partial charge in [0.15, 0.2) is 0 Å². The number of rotatable bonds is 2. The number of nitrogens with one attached hydrogen (secondary N) is 1. The van der Waals surface area contributed by atoms with Crippen LogP contribution in [-0.2, 0) is 0 Å². The number of hydrogen-bond donors (Lipinski definition) is 1. The summed E-state index contributed by atoms with van der Waals surface area (Å²) in [7, 11) is 0. The zero-order valence-electron chi connectivity index (χ0n) is 10.8. The Labute approximate surface area is 107 Å². The standard InChI is InChI=1S/C14H18FN3/c1-14(2)10-18(11(7-8-16)9-17-14)13-6-4-3-5-12(13)15/h3-6,11,17H,7,9-10H2,1-2H3. The van der Waals surface area contributed by atoms with Crippen molar-refractivity contribution in [2.45, 2.75) is 31.8 Å². The van der Waals surface area contributed by atoms with Gasteiger partial charge in [-0.25, -0.2) is 4.39 Å². The highest BCUT2D eigenvalue weighted by atomic mass is 19.1. The van der Waals surface area contributed by atoms with E-state index >= 15 is 0 Å². The first-order valence-electron chi connectivity index (χ1n) is 6.17. The molecule has 0 radical (unpaired) electrons. The average molecular weight is 247 g/mol. The molecule has 1 aliphatic rings. The van der Waals surface area contributed by atoms with E-state index in [-0.39, 0.29) is 17.4 Å². The van der Waals surface area contributed by atoms with Crippen LogP contribution in [0.25, 0.3) is 0 Å². The van der Waals surface area contributed by atoms with Crippen molar-refractivity contribution < 1.29 is 4.39 Å². The number of halogens is 1. The largest absolute Gasteiger partial charge is 0.362 e. The number of nitrogens with zero attached hydrogens (tertiary/aromatic N) is 2. The molecule has 1 saturated heterocycles. The van der Waals surface area contributed by atoms with Crippen LogP contribution in [0.5, 0.6) is 0 Å². The molecule has 1 aromatic carbocycles. The van der Waals surface area contributed by atoms with Crippen LogP contribution >= 0.6 is 0 Å². The Morgan fingerprint density at radius 1 is 1.50 bits per heavy atom. The summed E-state index contributed by atoms with van der Waals surface area (Å²) in [6, 6.07) is 8.97. The van der Waals surface area contributed by atoms with Crippen molar-refractivity contribution in [1.82, 2.24) is 5.32 Å². The molecule has 2 rings (SSSR count). The summed E-state index contributed by atoms with van der Waals surface area (Å²) in [6.45, 7) is 5.57. The highest BCUT2D eigenvalue weighted by molar-refractivity contribution is 5.50. The summed E-state index contributed by atoms with van der Waals surface area (Å²) in [4.78, 5) is 2.01. The number of benzene rings is 1. The highest BCUT2D eigenvalue weighted by Crippen LogP contribution is 2.26. The normalized spacial score (nSPS) is 22.6. The van der Waals surface area contributed by atoms with E-state index in [0.717, 1.165) is 0 Å². The molecule has 96 valence electrons. The van der Waals surface area contributed by atoms with Gasteiger partial charge in [-0.05, 0) is 26.0 Å². The average Bonchev–Trinajstić information content (AvgIpc) is 2.32. The molecule has 3 nitrogen and oxygen atoms in total. The van der Waals surface area contributed by atoms with E-state index in [1.807, 2.05) is 11.0 Å². The first kappa shape index (κ1) is 12.8. The molecule has 0 spiro atoms. The molecule has 0 aliphatic carbocycles. The smallest absolute Gasteiger partial charge is 0.146 e. The molecule has 0 bridgehead atoms. The number of anilines is 1. The fourth-order valence-corrected chi connectivity index (χ4v) is 2.37. The van der Waals surface area contributed by atoms with Gasteiger partial charge in [0.1, 0.15) is 5.82 Å². The van der Waals surface area contributed by atoms with Gasteiger partial charge in [0.25, 0.3) is 0 Å². The minimum atomic E-state index is -0.224. The Morgan fingerprint density at radius 3 is 2.89 bits per heavy atom. The Hall–Kier alpha value is -1.60. The van der Waals surface area contributed by atoms with E-state index in [4.69, 9.17) is 5.26 Å². The van der Waals surface area contributed by atoms with Crippen molar-refractivity contribution in [3.8, 4) is 6.07 Å². The summed E-state index contributed by atoms with van der Waals surface area (Å²) in [6.07, 6.45) is 0.400. The molecule has 1 atom stereocenters. The van der Waals surface area contributed by atoms with Crippen molar-refractivity contribution in [1.29, 1.82) is 5.26 Å². The summed E-state index contributed by atoms with van der Waals surface area (Å²) >= 11 is 0. The maximum absolute atomic E-state index is 13.9. The van der Waals surface area contributed by atoms with Gasteiger partial charge in [-0.3, -0.25) is 0 Å². The van der Waals surface area contributed by atoms with Crippen LogP contribution < -0.4 is 10.2 Å². The zero-order valence-corrected chi connectivity index (χ0v) is 10.8. The Balaban J connectivity index is 2.31. The monoisotopic (exact) mass is 247 g/mol. The van der Waals surface area contributed by atoms with E-state index < -0.39 is 0 Å². The summed E-state index contributed by atoms with van der Waals surface area (Å²) in [5.41, 5.74) is 0.515. The number of piperazine rings is 1. The van der Waals surface area contributed by atoms with E-state index in [1.54, 1.807) is 12.1 Å². The minimum absolute atomic E-state index is 0.0277. The molecule has 18 heavy (non-hydrogen) atoms. The molecule has 1 aliphatic heterocycles. The van der Waals surface area contributed by atoms with Gasteiger partial charge in [-0.15, -0.1) is 0 Å². The quantitative estimate of drug-likeness (QED) is 0.871. The zero-order chi connectivity index (χ0) is 13.2. The lowest BCUT2D eigenvalue weighted by Crippen LogP contribution is -2.61. The molecular formula is C14H18FN3. The molecule has 1 aromatic rings. The van der Waals surface area contributed by atoms with Gasteiger partial charge >= 0.3 is 0 Å². The molecule has 4 heteroatoms. The molecule has 1 fully saturated rings. The predicted octanol–water partition coefficient (Wildman–Crippen LogP) is 2.30. The van der Waals surface area contributed by atoms with E-state index in [9.17, 15) is 4.39 Å². The molecule has 1 N–H and O–H groups in total. The van der Waals surface area contributed by atoms with Crippen molar-refractivity contribution in [2.24, 2.45) is 0 Å². The molecule has 0 amide bonds. The fourth-order valence-electron chi connectivity index (χ4n) is 2.37.